The third-order valence-corrected chi connectivity index (χ3v) is 4.56. The van der Waals surface area contributed by atoms with Crippen molar-refractivity contribution in [2.24, 2.45) is 0 Å². The lowest BCUT2D eigenvalue weighted by Gasteiger charge is -2.20. The molecule has 0 aliphatic carbocycles. The Morgan fingerprint density at radius 2 is 1.69 bits per heavy atom. The van der Waals surface area contributed by atoms with Crippen LogP contribution in [-0.2, 0) is 12.7 Å². The molecule has 3 rings (SSSR count). The van der Waals surface area contributed by atoms with E-state index in [1.807, 2.05) is 0 Å². The van der Waals surface area contributed by atoms with Gasteiger partial charge in [0.25, 0.3) is 0 Å². The lowest BCUT2D eigenvalue weighted by Crippen LogP contribution is -2.13. The molecule has 0 saturated heterocycles. The fourth-order valence-corrected chi connectivity index (χ4v) is 3.02. The van der Waals surface area contributed by atoms with Gasteiger partial charge in [0.1, 0.15) is 22.8 Å². The molecule has 0 spiro atoms. The number of nitrogens with one attached hydrogen (secondary N) is 1. The minimum absolute atomic E-state index is 0.0197. The number of methoxy groups -OCH3 is 2. The van der Waals surface area contributed by atoms with Crippen molar-refractivity contribution in [3.05, 3.63) is 77.4 Å². The minimum atomic E-state index is -4.85. The Labute approximate surface area is 182 Å². The van der Waals surface area contributed by atoms with Gasteiger partial charge in [0.05, 0.1) is 25.5 Å². The molecule has 6 nitrogen and oxygen atoms in total. The maximum absolute atomic E-state index is 13.8. The average molecular weight is 447 g/mol. The van der Waals surface area contributed by atoms with Gasteiger partial charge in [0.15, 0.2) is 5.75 Å². The molecule has 0 amide bonds. The topological polar surface area (TPSA) is 77.0 Å². The zero-order chi connectivity index (χ0) is 23.3. The van der Waals surface area contributed by atoms with E-state index >= 15 is 0 Å². The van der Waals surface area contributed by atoms with Gasteiger partial charge in [-0.05, 0) is 42.5 Å². The lowest BCUT2D eigenvalue weighted by molar-refractivity contribution is -0.138. The van der Waals surface area contributed by atoms with Gasteiger partial charge in [0, 0.05) is 12.1 Å². The molecule has 2 N–H and O–H groups in total. The Balaban J connectivity index is 2.08. The predicted octanol–water partition coefficient (Wildman–Crippen LogP) is 5.83. The summed E-state index contributed by atoms with van der Waals surface area (Å²) in [7, 11) is 2.94. The highest BCUT2D eigenvalue weighted by Crippen LogP contribution is 2.44. The Bertz CT molecular complexity index is 1100. The molecule has 0 bridgehead atoms. The van der Waals surface area contributed by atoms with E-state index in [0.717, 1.165) is 6.07 Å². The molecule has 0 aromatic heterocycles. The third kappa shape index (κ3) is 5.23. The number of carbonyl (C=O) groups is 1. The van der Waals surface area contributed by atoms with Gasteiger partial charge < -0.3 is 24.6 Å². The standard InChI is InChI=1S/C23H20F3NO5/c1-30-17-8-9-20(31-2)15(10-17)13-27-19-12-14(22(28)29)11-18(23(24,25)26)21(19)32-16-6-4-3-5-7-16/h3-12,27H,13H2,1-2H3,(H,28,29). The van der Waals surface area contributed by atoms with Crippen LogP contribution in [0.5, 0.6) is 23.0 Å². The highest BCUT2D eigenvalue weighted by Gasteiger charge is 2.37. The van der Waals surface area contributed by atoms with E-state index in [0.29, 0.717) is 23.1 Å². The predicted molar refractivity (Wildman–Crippen MR) is 112 cm³/mol. The van der Waals surface area contributed by atoms with Crippen molar-refractivity contribution in [1.82, 2.24) is 0 Å². The van der Waals surface area contributed by atoms with E-state index in [1.54, 1.807) is 36.4 Å². The molecule has 3 aromatic carbocycles. The zero-order valence-electron chi connectivity index (χ0n) is 17.2. The van der Waals surface area contributed by atoms with Crippen LogP contribution in [0.15, 0.2) is 60.7 Å². The average Bonchev–Trinajstić information content (AvgIpc) is 2.77. The van der Waals surface area contributed by atoms with Crippen LogP contribution in [0.25, 0.3) is 0 Å². The maximum atomic E-state index is 13.8. The molecule has 32 heavy (non-hydrogen) atoms. The number of benzene rings is 3. The molecule has 3 aromatic rings. The fraction of sp³-hybridized carbons (Fsp3) is 0.174. The third-order valence-electron chi connectivity index (χ3n) is 4.56. The molecular weight excluding hydrogens is 427 g/mol. The first-order chi connectivity index (χ1) is 15.2. The molecule has 0 saturated carbocycles. The van der Waals surface area contributed by atoms with Gasteiger partial charge in [-0.3, -0.25) is 0 Å². The van der Waals surface area contributed by atoms with Crippen LogP contribution in [0.4, 0.5) is 18.9 Å². The SMILES string of the molecule is COc1ccc(OC)c(CNc2cc(C(=O)O)cc(C(F)(F)F)c2Oc2ccccc2)c1. The number of halogens is 3. The second-order valence-corrected chi connectivity index (χ2v) is 6.65. The summed E-state index contributed by atoms with van der Waals surface area (Å²) < 4.78 is 57.5. The van der Waals surface area contributed by atoms with Crippen molar-refractivity contribution in [3.8, 4) is 23.0 Å². The van der Waals surface area contributed by atoms with E-state index in [2.05, 4.69) is 5.32 Å². The largest absolute Gasteiger partial charge is 0.497 e. The maximum Gasteiger partial charge on any atom is 0.420 e. The van der Waals surface area contributed by atoms with Crippen molar-refractivity contribution in [3.63, 3.8) is 0 Å². The molecule has 0 aliphatic rings. The number of hydrogen-bond donors (Lipinski definition) is 2. The fourth-order valence-electron chi connectivity index (χ4n) is 3.02. The monoisotopic (exact) mass is 447 g/mol. The number of ether oxygens (including phenoxy) is 3. The Hall–Kier alpha value is -3.88. The second kappa shape index (κ2) is 9.51. The van der Waals surface area contributed by atoms with E-state index in [-0.39, 0.29) is 18.0 Å². The van der Waals surface area contributed by atoms with E-state index in [1.165, 1.54) is 26.4 Å². The smallest absolute Gasteiger partial charge is 0.420 e. The molecular formula is C23H20F3NO5. The Morgan fingerprint density at radius 1 is 0.969 bits per heavy atom. The summed E-state index contributed by atoms with van der Waals surface area (Å²) in [5, 5.41) is 12.2. The normalized spacial score (nSPS) is 11.0. The summed E-state index contributed by atoms with van der Waals surface area (Å²) in [5.74, 6) is -0.852. The summed E-state index contributed by atoms with van der Waals surface area (Å²) in [4.78, 5) is 11.5. The van der Waals surface area contributed by atoms with Gasteiger partial charge >= 0.3 is 12.1 Å². The van der Waals surface area contributed by atoms with Crippen molar-refractivity contribution >= 4 is 11.7 Å². The summed E-state index contributed by atoms with van der Waals surface area (Å²) in [6, 6.07) is 14.6. The van der Waals surface area contributed by atoms with Crippen LogP contribution < -0.4 is 19.5 Å². The number of anilines is 1. The number of para-hydroxylation sites is 1. The molecule has 168 valence electrons. The first-order valence-electron chi connectivity index (χ1n) is 9.39. The summed E-state index contributed by atoms with van der Waals surface area (Å²) in [6.45, 7) is 0.0197. The number of alkyl halides is 3. The Kier molecular flexibility index (Phi) is 6.77. The van der Waals surface area contributed by atoms with Crippen LogP contribution >= 0.6 is 0 Å². The summed E-state index contributed by atoms with van der Waals surface area (Å²) in [5.41, 5.74) is -1.28. The van der Waals surface area contributed by atoms with Crippen molar-refractivity contribution in [2.45, 2.75) is 12.7 Å². The molecule has 9 heteroatoms. The van der Waals surface area contributed by atoms with Crippen LogP contribution in [0.2, 0.25) is 0 Å². The zero-order valence-corrected chi connectivity index (χ0v) is 17.2. The van der Waals surface area contributed by atoms with Gasteiger partial charge in [-0.25, -0.2) is 4.79 Å². The van der Waals surface area contributed by atoms with Crippen molar-refractivity contribution < 1.29 is 37.3 Å². The summed E-state index contributed by atoms with van der Waals surface area (Å²) >= 11 is 0. The summed E-state index contributed by atoms with van der Waals surface area (Å²) in [6.07, 6.45) is -4.85. The molecule has 0 aliphatic heterocycles. The van der Waals surface area contributed by atoms with Crippen LogP contribution in [-0.4, -0.2) is 25.3 Å². The molecule has 0 heterocycles. The minimum Gasteiger partial charge on any atom is -0.497 e. The van der Waals surface area contributed by atoms with Gasteiger partial charge in [-0.15, -0.1) is 0 Å². The van der Waals surface area contributed by atoms with Crippen LogP contribution in [0.1, 0.15) is 21.5 Å². The van der Waals surface area contributed by atoms with Crippen molar-refractivity contribution in [2.75, 3.05) is 19.5 Å². The first-order valence-corrected chi connectivity index (χ1v) is 9.39. The lowest BCUT2D eigenvalue weighted by atomic mass is 10.1. The van der Waals surface area contributed by atoms with E-state index in [9.17, 15) is 23.1 Å². The van der Waals surface area contributed by atoms with Gasteiger partial charge in [-0.1, -0.05) is 18.2 Å². The molecule has 0 fully saturated rings. The molecule has 0 atom stereocenters. The highest BCUT2D eigenvalue weighted by molar-refractivity contribution is 5.90. The second-order valence-electron chi connectivity index (χ2n) is 6.65. The van der Waals surface area contributed by atoms with E-state index in [4.69, 9.17) is 14.2 Å². The van der Waals surface area contributed by atoms with Crippen molar-refractivity contribution in [1.29, 1.82) is 0 Å². The Morgan fingerprint density at radius 3 is 2.28 bits per heavy atom. The number of carboxylic acids is 1. The number of aromatic carboxylic acids is 1. The highest BCUT2D eigenvalue weighted by atomic mass is 19.4. The van der Waals surface area contributed by atoms with Gasteiger partial charge in [-0.2, -0.15) is 13.2 Å². The van der Waals surface area contributed by atoms with Gasteiger partial charge in [0.2, 0.25) is 0 Å². The molecule has 0 radical (unpaired) electrons. The number of carboxylic acid groups (broad SMARTS) is 1. The molecule has 0 unspecified atom stereocenters. The number of hydrogen-bond acceptors (Lipinski definition) is 5. The number of rotatable bonds is 8. The van der Waals surface area contributed by atoms with Crippen LogP contribution in [0, 0.1) is 0 Å². The van der Waals surface area contributed by atoms with Crippen LogP contribution in [0.3, 0.4) is 0 Å². The first kappa shape index (κ1) is 22.8. The van der Waals surface area contributed by atoms with E-state index < -0.39 is 29.0 Å². The quantitative estimate of drug-likeness (QED) is 0.453.